The Morgan fingerprint density at radius 3 is 2.79 bits per heavy atom. The number of carbonyl (C=O) groups excluding carboxylic acids is 1. The summed E-state index contributed by atoms with van der Waals surface area (Å²) >= 11 is 8.95. The molecule has 19 heavy (non-hydrogen) atoms. The van der Waals surface area contributed by atoms with Gasteiger partial charge in [-0.1, -0.05) is 27.5 Å². The smallest absolute Gasteiger partial charge is 0.322 e. The van der Waals surface area contributed by atoms with E-state index in [0.29, 0.717) is 4.47 Å². The van der Waals surface area contributed by atoms with Gasteiger partial charge in [0.15, 0.2) is 6.61 Å². The van der Waals surface area contributed by atoms with Crippen LogP contribution in [0.4, 0.5) is 0 Å². The van der Waals surface area contributed by atoms with Gasteiger partial charge in [-0.05, 0) is 18.2 Å². The Morgan fingerprint density at radius 2 is 2.21 bits per heavy atom. The highest BCUT2D eigenvalue weighted by Crippen LogP contribution is 2.24. The van der Waals surface area contributed by atoms with Crippen molar-refractivity contribution in [1.29, 1.82) is 5.26 Å². The van der Waals surface area contributed by atoms with Crippen LogP contribution in [0, 0.1) is 11.3 Å². The third-order valence-corrected chi connectivity index (χ3v) is 4.27. The largest absolute Gasteiger partial charge is 0.449 e. The average molecular weight is 368 g/mol. The first-order valence-electron chi connectivity index (χ1n) is 4.84. The van der Waals surface area contributed by atoms with Crippen molar-refractivity contribution >= 4 is 43.5 Å². The Labute approximate surface area is 123 Å². The maximum atomic E-state index is 11.9. The van der Waals surface area contributed by atoms with Gasteiger partial charge in [0, 0.05) is 4.47 Å². The van der Waals surface area contributed by atoms with Gasteiger partial charge in [-0.3, -0.25) is 4.79 Å². The molecule has 1 aromatic rings. The molecule has 0 bridgehead atoms. The minimum absolute atomic E-state index is 0.0206. The first-order chi connectivity index (χ1) is 8.86. The van der Waals surface area contributed by atoms with Crippen molar-refractivity contribution in [2.75, 3.05) is 13.2 Å². The normalized spacial score (nSPS) is 10.8. The summed E-state index contributed by atoms with van der Waals surface area (Å²) in [5.41, 5.74) is 0. The van der Waals surface area contributed by atoms with Gasteiger partial charge < -0.3 is 4.74 Å². The Kier molecular flexibility index (Phi) is 5.75. The molecule has 0 aromatic heterocycles. The van der Waals surface area contributed by atoms with E-state index < -0.39 is 29.1 Å². The number of benzene rings is 1. The predicted octanol–water partition coefficient (Wildman–Crippen LogP) is 1.45. The van der Waals surface area contributed by atoms with Gasteiger partial charge in [-0.25, -0.2) is 8.42 Å². The van der Waals surface area contributed by atoms with E-state index >= 15 is 0 Å². The highest BCUT2D eigenvalue weighted by molar-refractivity contribution is 9.10. The van der Waals surface area contributed by atoms with Crippen molar-refractivity contribution < 1.29 is 17.9 Å². The number of carbonyl (C=O) groups is 1. The minimum Gasteiger partial charge on any atom is -0.449 e. The van der Waals surface area contributed by atoms with Crippen LogP contribution in [-0.4, -0.2) is 27.5 Å². The third-order valence-electron chi connectivity index (χ3n) is 1.89. The number of halogens is 2. The van der Waals surface area contributed by atoms with Crippen LogP contribution in [-0.2, 0) is 19.6 Å². The Hall–Kier alpha value is -1.14. The maximum absolute atomic E-state index is 11.9. The molecule has 6 nitrogen and oxygen atoms in total. The van der Waals surface area contributed by atoms with Gasteiger partial charge in [0.25, 0.3) is 0 Å². The van der Waals surface area contributed by atoms with Crippen molar-refractivity contribution in [2.24, 2.45) is 0 Å². The van der Waals surface area contributed by atoms with Crippen molar-refractivity contribution in [3.63, 3.8) is 0 Å². The summed E-state index contributed by atoms with van der Waals surface area (Å²) in [6.07, 6.45) is 0. The monoisotopic (exact) mass is 366 g/mol. The number of ether oxygens (including phenoxy) is 1. The topological polar surface area (TPSA) is 96.3 Å². The fraction of sp³-hybridized carbons (Fsp3) is 0.200. The molecule has 0 aliphatic heterocycles. The SMILES string of the molecule is N#CCOC(=O)CNS(=O)(=O)c1ccc(Br)cc1Cl. The van der Waals surface area contributed by atoms with E-state index in [2.05, 4.69) is 20.7 Å². The van der Waals surface area contributed by atoms with Crippen LogP contribution >= 0.6 is 27.5 Å². The van der Waals surface area contributed by atoms with E-state index in [1.165, 1.54) is 18.2 Å². The number of rotatable bonds is 5. The Balaban J connectivity index is 2.77. The second kappa shape index (κ2) is 6.86. The van der Waals surface area contributed by atoms with Gasteiger partial charge >= 0.3 is 5.97 Å². The fourth-order valence-electron chi connectivity index (χ4n) is 1.09. The molecule has 0 radical (unpaired) electrons. The molecule has 0 atom stereocenters. The van der Waals surface area contributed by atoms with Gasteiger partial charge in [0.1, 0.15) is 17.5 Å². The van der Waals surface area contributed by atoms with Crippen molar-refractivity contribution in [1.82, 2.24) is 4.72 Å². The Bertz CT molecular complexity index is 627. The van der Waals surface area contributed by atoms with Gasteiger partial charge in [-0.2, -0.15) is 9.98 Å². The number of nitrogens with one attached hydrogen (secondary N) is 1. The number of esters is 1. The summed E-state index contributed by atoms with van der Waals surface area (Å²) in [6, 6.07) is 5.83. The molecule has 1 rings (SSSR count). The standard InChI is InChI=1S/C10H8BrClN2O4S/c11-7-1-2-9(8(12)5-7)19(16,17)14-6-10(15)18-4-3-13/h1-2,5,14H,4,6H2. The molecule has 0 aliphatic carbocycles. The van der Waals surface area contributed by atoms with Crippen LogP contribution in [0.2, 0.25) is 5.02 Å². The van der Waals surface area contributed by atoms with E-state index in [0.717, 1.165) is 0 Å². The molecular weight excluding hydrogens is 360 g/mol. The van der Waals surface area contributed by atoms with Crippen LogP contribution < -0.4 is 4.72 Å². The average Bonchev–Trinajstić information content (AvgIpc) is 2.33. The zero-order valence-electron chi connectivity index (χ0n) is 9.39. The van der Waals surface area contributed by atoms with E-state index in [-0.39, 0.29) is 9.92 Å². The van der Waals surface area contributed by atoms with Crippen LogP contribution in [0.5, 0.6) is 0 Å². The molecule has 1 aromatic carbocycles. The lowest BCUT2D eigenvalue weighted by Gasteiger charge is -2.07. The molecule has 0 fully saturated rings. The summed E-state index contributed by atoms with van der Waals surface area (Å²) in [6.45, 7) is -1.00. The van der Waals surface area contributed by atoms with Crippen LogP contribution in [0.25, 0.3) is 0 Å². The molecule has 1 N–H and O–H groups in total. The Morgan fingerprint density at radius 1 is 1.53 bits per heavy atom. The second-order valence-corrected chi connectivity index (χ2v) is 6.28. The molecule has 102 valence electrons. The highest BCUT2D eigenvalue weighted by Gasteiger charge is 2.19. The lowest BCUT2D eigenvalue weighted by molar-refractivity contribution is -0.140. The van der Waals surface area contributed by atoms with Crippen LogP contribution in [0.1, 0.15) is 0 Å². The lowest BCUT2D eigenvalue weighted by atomic mass is 10.4. The number of hydrogen-bond acceptors (Lipinski definition) is 5. The molecule has 0 aliphatic rings. The van der Waals surface area contributed by atoms with Crippen LogP contribution in [0.3, 0.4) is 0 Å². The molecular formula is C10H8BrClN2O4S. The fourth-order valence-corrected chi connectivity index (χ4v) is 3.09. The van der Waals surface area contributed by atoms with Crippen molar-refractivity contribution in [2.45, 2.75) is 4.90 Å². The number of nitriles is 1. The number of hydrogen-bond donors (Lipinski definition) is 1. The van der Waals surface area contributed by atoms with Gasteiger partial charge in [0.2, 0.25) is 10.0 Å². The van der Waals surface area contributed by atoms with E-state index in [1.807, 2.05) is 4.72 Å². The summed E-state index contributed by atoms with van der Waals surface area (Å²) in [4.78, 5) is 10.9. The van der Waals surface area contributed by atoms with E-state index in [1.54, 1.807) is 6.07 Å². The molecule has 0 unspecified atom stereocenters. The zero-order chi connectivity index (χ0) is 14.5. The van der Waals surface area contributed by atoms with Crippen LogP contribution in [0.15, 0.2) is 27.6 Å². The summed E-state index contributed by atoms with van der Waals surface area (Å²) in [5, 5.41) is 8.22. The van der Waals surface area contributed by atoms with E-state index in [9.17, 15) is 13.2 Å². The summed E-state index contributed by atoms with van der Waals surface area (Å²) < 4.78 is 30.8. The molecule has 0 amide bonds. The molecule has 0 saturated heterocycles. The second-order valence-electron chi connectivity index (χ2n) is 3.22. The molecule has 0 spiro atoms. The van der Waals surface area contributed by atoms with Crippen molar-refractivity contribution in [3.8, 4) is 6.07 Å². The summed E-state index contributed by atoms with van der Waals surface area (Å²) in [5.74, 6) is -0.849. The predicted molar refractivity (Wildman–Crippen MR) is 70.9 cm³/mol. The maximum Gasteiger partial charge on any atom is 0.322 e. The first-order valence-corrected chi connectivity index (χ1v) is 7.49. The first kappa shape index (κ1) is 15.9. The highest BCUT2D eigenvalue weighted by atomic mass is 79.9. The third kappa shape index (κ3) is 4.80. The van der Waals surface area contributed by atoms with Gasteiger partial charge in [-0.15, -0.1) is 0 Å². The molecule has 9 heteroatoms. The quantitative estimate of drug-likeness (QED) is 0.795. The molecule has 0 saturated carbocycles. The zero-order valence-corrected chi connectivity index (χ0v) is 12.5. The van der Waals surface area contributed by atoms with E-state index in [4.69, 9.17) is 16.9 Å². The van der Waals surface area contributed by atoms with Crippen molar-refractivity contribution in [3.05, 3.63) is 27.7 Å². The molecule has 0 heterocycles. The number of nitrogens with zero attached hydrogens (tertiary/aromatic N) is 1. The minimum atomic E-state index is -3.91. The van der Waals surface area contributed by atoms with Gasteiger partial charge in [0.05, 0.1) is 5.02 Å². The number of sulfonamides is 1. The summed E-state index contributed by atoms with van der Waals surface area (Å²) in [7, 11) is -3.91. The lowest BCUT2D eigenvalue weighted by Crippen LogP contribution is -2.31.